The Hall–Kier alpha value is -1.08. The average Bonchev–Trinajstić information content (AvgIpc) is 3.09. The van der Waals surface area contributed by atoms with Crippen molar-refractivity contribution in [3.05, 3.63) is 20.8 Å². The van der Waals surface area contributed by atoms with E-state index in [9.17, 15) is 14.7 Å². The maximum atomic E-state index is 12.2. The monoisotopic (exact) mass is 372 g/mol. The second kappa shape index (κ2) is 5.61. The van der Waals surface area contributed by atoms with E-state index in [-0.39, 0.29) is 11.9 Å². The topological polar surface area (TPSA) is 69.6 Å². The van der Waals surface area contributed by atoms with Crippen molar-refractivity contribution in [1.29, 1.82) is 0 Å². The molecule has 1 saturated carbocycles. The SMILES string of the molecule is O=C(NCc1cc(Br)cs1)N1C[C@@H]2CCC[C@@]2(C(=O)O)C1. The summed E-state index contributed by atoms with van der Waals surface area (Å²) < 4.78 is 1.01. The predicted octanol–water partition coefficient (Wildman–Crippen LogP) is 2.91. The molecule has 5 nitrogen and oxygen atoms in total. The zero-order valence-electron chi connectivity index (χ0n) is 11.5. The molecule has 1 aliphatic carbocycles. The highest BCUT2D eigenvalue weighted by molar-refractivity contribution is 9.10. The van der Waals surface area contributed by atoms with Crippen LogP contribution in [0.15, 0.2) is 15.9 Å². The van der Waals surface area contributed by atoms with Gasteiger partial charge in [-0.1, -0.05) is 6.42 Å². The third-order valence-electron chi connectivity index (χ3n) is 4.62. The molecule has 21 heavy (non-hydrogen) atoms. The van der Waals surface area contributed by atoms with E-state index < -0.39 is 11.4 Å². The summed E-state index contributed by atoms with van der Waals surface area (Å²) in [4.78, 5) is 26.6. The van der Waals surface area contributed by atoms with Crippen LogP contribution in [0.2, 0.25) is 0 Å². The van der Waals surface area contributed by atoms with Gasteiger partial charge < -0.3 is 15.3 Å². The molecule has 2 atom stereocenters. The Balaban J connectivity index is 1.61. The van der Waals surface area contributed by atoms with Crippen molar-refractivity contribution in [1.82, 2.24) is 10.2 Å². The third-order valence-corrected chi connectivity index (χ3v) is 6.32. The van der Waals surface area contributed by atoms with E-state index in [4.69, 9.17) is 0 Å². The molecule has 0 bridgehead atoms. The number of carboxylic acid groups (broad SMARTS) is 1. The number of amides is 2. The highest BCUT2D eigenvalue weighted by atomic mass is 79.9. The molecule has 0 spiro atoms. The van der Waals surface area contributed by atoms with Crippen molar-refractivity contribution in [2.24, 2.45) is 11.3 Å². The van der Waals surface area contributed by atoms with Crippen molar-refractivity contribution in [2.75, 3.05) is 13.1 Å². The van der Waals surface area contributed by atoms with E-state index in [0.29, 0.717) is 26.1 Å². The van der Waals surface area contributed by atoms with E-state index in [0.717, 1.165) is 22.2 Å². The molecule has 3 rings (SSSR count). The Morgan fingerprint density at radius 1 is 1.57 bits per heavy atom. The average molecular weight is 373 g/mol. The van der Waals surface area contributed by atoms with Crippen LogP contribution in [-0.2, 0) is 11.3 Å². The second-order valence-corrected chi connectivity index (χ2v) is 7.73. The standard InChI is InChI=1S/C14H17BrN2O3S/c15-10-4-11(21-7-10)5-16-13(20)17-6-9-2-1-3-14(9,8-17)12(18)19/h4,7,9H,1-3,5-6,8H2,(H,16,20)(H,18,19)/t9-,14+/m0/s1. The van der Waals surface area contributed by atoms with Gasteiger partial charge in [0.25, 0.3) is 0 Å². The van der Waals surface area contributed by atoms with Gasteiger partial charge in [0.2, 0.25) is 0 Å². The zero-order valence-corrected chi connectivity index (χ0v) is 13.9. The lowest BCUT2D eigenvalue weighted by Gasteiger charge is -2.23. The van der Waals surface area contributed by atoms with Gasteiger partial charge in [-0.05, 0) is 40.8 Å². The van der Waals surface area contributed by atoms with Crippen LogP contribution < -0.4 is 5.32 Å². The Labute approximate surface area is 135 Å². The maximum absolute atomic E-state index is 12.2. The maximum Gasteiger partial charge on any atom is 0.317 e. The van der Waals surface area contributed by atoms with Crippen molar-refractivity contribution in [3.8, 4) is 0 Å². The van der Waals surface area contributed by atoms with Gasteiger partial charge in [0.05, 0.1) is 12.0 Å². The molecule has 1 saturated heterocycles. The number of carbonyl (C=O) groups is 2. The number of rotatable bonds is 3. The summed E-state index contributed by atoms with van der Waals surface area (Å²) in [5.41, 5.74) is -0.705. The smallest absolute Gasteiger partial charge is 0.317 e. The van der Waals surface area contributed by atoms with Crippen LogP contribution in [0.4, 0.5) is 4.79 Å². The van der Waals surface area contributed by atoms with E-state index in [1.165, 1.54) is 0 Å². The fraction of sp³-hybridized carbons (Fsp3) is 0.571. The first kappa shape index (κ1) is 14.8. The molecule has 0 radical (unpaired) electrons. The number of nitrogens with zero attached hydrogens (tertiary/aromatic N) is 1. The van der Waals surface area contributed by atoms with E-state index in [2.05, 4.69) is 21.2 Å². The summed E-state index contributed by atoms with van der Waals surface area (Å²) in [6, 6.07) is 1.82. The van der Waals surface area contributed by atoms with Crippen LogP contribution in [-0.4, -0.2) is 35.1 Å². The van der Waals surface area contributed by atoms with Gasteiger partial charge in [0.1, 0.15) is 0 Å². The number of carbonyl (C=O) groups excluding carboxylic acids is 1. The minimum absolute atomic E-state index is 0.108. The Bertz CT molecular complexity index is 576. The Morgan fingerprint density at radius 3 is 3.00 bits per heavy atom. The van der Waals surface area contributed by atoms with Crippen molar-refractivity contribution in [3.63, 3.8) is 0 Å². The normalized spacial score (nSPS) is 27.7. The third kappa shape index (κ3) is 2.68. The number of thiophene rings is 1. The molecule has 2 N–H and O–H groups in total. The molecule has 2 fully saturated rings. The Morgan fingerprint density at radius 2 is 2.38 bits per heavy atom. The van der Waals surface area contributed by atoms with Gasteiger partial charge in [0, 0.05) is 27.8 Å². The lowest BCUT2D eigenvalue weighted by molar-refractivity contribution is -0.149. The second-order valence-electron chi connectivity index (χ2n) is 5.82. The van der Waals surface area contributed by atoms with Gasteiger partial charge in [0.15, 0.2) is 0 Å². The minimum Gasteiger partial charge on any atom is -0.481 e. The molecule has 7 heteroatoms. The lowest BCUT2D eigenvalue weighted by Crippen LogP contribution is -2.41. The van der Waals surface area contributed by atoms with Gasteiger partial charge in [-0.15, -0.1) is 11.3 Å². The number of likely N-dealkylation sites (tertiary alicyclic amines) is 1. The van der Waals surface area contributed by atoms with Crippen LogP contribution >= 0.6 is 27.3 Å². The quantitative estimate of drug-likeness (QED) is 0.856. The highest BCUT2D eigenvalue weighted by Crippen LogP contribution is 2.48. The summed E-state index contributed by atoms with van der Waals surface area (Å²) in [5.74, 6) is -0.640. The predicted molar refractivity (Wildman–Crippen MR) is 83.2 cm³/mol. The summed E-state index contributed by atoms with van der Waals surface area (Å²) in [7, 11) is 0. The van der Waals surface area contributed by atoms with Crippen molar-refractivity contribution < 1.29 is 14.7 Å². The number of hydrogen-bond donors (Lipinski definition) is 2. The molecule has 1 aromatic rings. The highest BCUT2D eigenvalue weighted by Gasteiger charge is 2.55. The number of urea groups is 1. The van der Waals surface area contributed by atoms with Crippen molar-refractivity contribution >= 4 is 39.3 Å². The van der Waals surface area contributed by atoms with E-state index >= 15 is 0 Å². The first-order chi connectivity index (χ1) is 10.0. The van der Waals surface area contributed by atoms with Gasteiger partial charge in [-0.2, -0.15) is 0 Å². The first-order valence-electron chi connectivity index (χ1n) is 7.00. The van der Waals surface area contributed by atoms with Crippen LogP contribution in [0.3, 0.4) is 0 Å². The number of nitrogens with one attached hydrogen (secondary N) is 1. The number of hydrogen-bond acceptors (Lipinski definition) is 3. The molecule has 2 heterocycles. The molecule has 1 aromatic heterocycles. The number of halogens is 1. The number of carboxylic acids is 1. The molecule has 2 aliphatic rings. The van der Waals surface area contributed by atoms with Gasteiger partial charge in [-0.25, -0.2) is 4.79 Å². The van der Waals surface area contributed by atoms with Gasteiger partial charge >= 0.3 is 12.0 Å². The lowest BCUT2D eigenvalue weighted by atomic mass is 9.81. The number of fused-ring (bicyclic) bond motifs is 1. The van der Waals surface area contributed by atoms with E-state index in [1.807, 2.05) is 11.4 Å². The molecule has 114 valence electrons. The molecule has 1 aliphatic heterocycles. The summed E-state index contributed by atoms with van der Waals surface area (Å²) in [6.07, 6.45) is 2.55. The van der Waals surface area contributed by atoms with Gasteiger partial charge in [-0.3, -0.25) is 4.79 Å². The Kier molecular flexibility index (Phi) is 3.96. The largest absolute Gasteiger partial charge is 0.481 e. The van der Waals surface area contributed by atoms with Crippen LogP contribution in [0.5, 0.6) is 0 Å². The summed E-state index contributed by atoms with van der Waals surface area (Å²) in [6.45, 7) is 1.38. The molecule has 2 amide bonds. The fourth-order valence-corrected chi connectivity index (χ4v) is 4.91. The first-order valence-corrected chi connectivity index (χ1v) is 8.67. The molecular formula is C14H17BrN2O3S. The summed E-state index contributed by atoms with van der Waals surface area (Å²) >= 11 is 4.96. The fourth-order valence-electron chi connectivity index (χ4n) is 3.51. The van der Waals surface area contributed by atoms with Crippen LogP contribution in [0.1, 0.15) is 24.1 Å². The van der Waals surface area contributed by atoms with E-state index in [1.54, 1.807) is 16.2 Å². The van der Waals surface area contributed by atoms with Crippen LogP contribution in [0, 0.1) is 11.3 Å². The molecule has 0 unspecified atom stereocenters. The van der Waals surface area contributed by atoms with Crippen LogP contribution in [0.25, 0.3) is 0 Å². The van der Waals surface area contributed by atoms with Crippen molar-refractivity contribution in [2.45, 2.75) is 25.8 Å². The zero-order chi connectivity index (χ0) is 15.0. The number of aliphatic carboxylic acids is 1. The minimum atomic E-state index is -0.748. The summed E-state index contributed by atoms with van der Waals surface area (Å²) in [5, 5.41) is 14.4. The molecule has 0 aromatic carbocycles. The molecular weight excluding hydrogens is 356 g/mol.